The number of aromatic nitrogens is 2. The van der Waals surface area contributed by atoms with Crippen LogP contribution in [-0.2, 0) is 6.54 Å². The van der Waals surface area contributed by atoms with Gasteiger partial charge >= 0.3 is 0 Å². The maximum atomic E-state index is 12.4. The van der Waals surface area contributed by atoms with Gasteiger partial charge in [-0.25, -0.2) is 4.98 Å². The predicted octanol–water partition coefficient (Wildman–Crippen LogP) is 2.44. The van der Waals surface area contributed by atoms with Gasteiger partial charge in [-0.15, -0.1) is 0 Å². The average Bonchev–Trinajstić information content (AvgIpc) is 3.02. The van der Waals surface area contributed by atoms with Crippen LogP contribution < -0.4 is 0 Å². The lowest BCUT2D eigenvalue weighted by molar-refractivity contribution is 0.0640. The highest BCUT2D eigenvalue weighted by molar-refractivity contribution is 6.21. The van der Waals surface area contributed by atoms with Crippen molar-refractivity contribution in [1.82, 2.24) is 14.3 Å². The summed E-state index contributed by atoms with van der Waals surface area (Å²) in [6, 6.07) is 10.8. The summed E-state index contributed by atoms with van der Waals surface area (Å²) in [7, 11) is 0. The van der Waals surface area contributed by atoms with Crippen molar-refractivity contribution in [2.24, 2.45) is 0 Å². The lowest BCUT2D eigenvalue weighted by atomic mass is 10.1. The van der Waals surface area contributed by atoms with E-state index in [1.807, 2.05) is 35.9 Å². The number of carbonyl (C=O) groups is 2. The number of nitrogens with zero attached hydrogens (tertiary/aromatic N) is 3. The molecule has 1 aliphatic rings. The van der Waals surface area contributed by atoms with Crippen LogP contribution in [0.1, 0.15) is 32.0 Å². The Balaban J connectivity index is 1.69. The minimum atomic E-state index is -0.256. The normalized spacial score (nSPS) is 14.0. The van der Waals surface area contributed by atoms with E-state index in [1.54, 1.807) is 24.3 Å². The molecule has 0 atom stereocenters. The standard InChI is InChI=1S/C17H13N3O2/c1-11-6-7-19-9-12(18-15(19)8-11)10-20-16(21)13-4-2-3-5-14(13)17(20)22/h2-9H,10H2,1H3. The topological polar surface area (TPSA) is 54.7 Å². The Morgan fingerprint density at radius 1 is 1.05 bits per heavy atom. The molecule has 0 saturated heterocycles. The summed E-state index contributed by atoms with van der Waals surface area (Å²) < 4.78 is 1.89. The van der Waals surface area contributed by atoms with E-state index in [0.717, 1.165) is 11.2 Å². The minimum absolute atomic E-state index is 0.188. The SMILES string of the molecule is Cc1ccn2cc(CN3C(=O)c4ccccc4C3=O)nc2c1. The van der Waals surface area contributed by atoms with Crippen molar-refractivity contribution in [3.05, 3.63) is 71.2 Å². The molecular weight excluding hydrogens is 278 g/mol. The smallest absolute Gasteiger partial charge is 0.261 e. The second-order valence-corrected chi connectivity index (χ2v) is 5.44. The second kappa shape index (κ2) is 4.53. The van der Waals surface area contributed by atoms with Crippen molar-refractivity contribution in [2.75, 3.05) is 0 Å². The first-order valence-corrected chi connectivity index (χ1v) is 7.03. The van der Waals surface area contributed by atoms with Crippen molar-refractivity contribution in [3.63, 3.8) is 0 Å². The van der Waals surface area contributed by atoms with E-state index >= 15 is 0 Å². The summed E-state index contributed by atoms with van der Waals surface area (Å²) in [4.78, 5) is 30.4. The van der Waals surface area contributed by atoms with E-state index in [1.165, 1.54) is 4.90 Å². The van der Waals surface area contributed by atoms with E-state index in [-0.39, 0.29) is 18.4 Å². The maximum absolute atomic E-state index is 12.4. The monoisotopic (exact) mass is 291 g/mol. The van der Waals surface area contributed by atoms with Gasteiger partial charge in [0.15, 0.2) is 0 Å². The molecule has 4 rings (SSSR count). The molecule has 2 aromatic heterocycles. The quantitative estimate of drug-likeness (QED) is 0.681. The second-order valence-electron chi connectivity index (χ2n) is 5.44. The van der Waals surface area contributed by atoms with E-state index in [4.69, 9.17) is 0 Å². The molecule has 3 aromatic rings. The molecule has 2 amide bonds. The zero-order valence-corrected chi connectivity index (χ0v) is 12.0. The Bertz CT molecular complexity index is 892. The highest BCUT2D eigenvalue weighted by Crippen LogP contribution is 2.24. The number of carbonyl (C=O) groups excluding carboxylic acids is 2. The number of aryl methyl sites for hydroxylation is 1. The Hall–Kier alpha value is -2.95. The van der Waals surface area contributed by atoms with Crippen LogP contribution in [0.4, 0.5) is 0 Å². The van der Waals surface area contributed by atoms with E-state index in [2.05, 4.69) is 4.98 Å². The third-order valence-corrected chi connectivity index (χ3v) is 3.86. The van der Waals surface area contributed by atoms with Crippen molar-refractivity contribution >= 4 is 17.5 Å². The maximum Gasteiger partial charge on any atom is 0.261 e. The molecular formula is C17H13N3O2. The zero-order chi connectivity index (χ0) is 15.3. The number of rotatable bonds is 2. The highest BCUT2D eigenvalue weighted by Gasteiger charge is 2.35. The molecule has 1 aromatic carbocycles. The number of amides is 2. The summed E-state index contributed by atoms with van der Waals surface area (Å²) in [6.45, 7) is 2.19. The molecule has 108 valence electrons. The fourth-order valence-corrected chi connectivity index (χ4v) is 2.76. The number of pyridine rings is 1. The fourth-order valence-electron chi connectivity index (χ4n) is 2.76. The number of hydrogen-bond acceptors (Lipinski definition) is 3. The summed E-state index contributed by atoms with van der Waals surface area (Å²) in [6.07, 6.45) is 3.77. The van der Waals surface area contributed by atoms with Gasteiger partial charge in [0.05, 0.1) is 23.4 Å². The van der Waals surface area contributed by atoms with Crippen LogP contribution in [0.2, 0.25) is 0 Å². The Kier molecular flexibility index (Phi) is 2.63. The lowest BCUT2D eigenvalue weighted by Gasteiger charge is -2.11. The number of fused-ring (bicyclic) bond motifs is 2. The molecule has 0 unspecified atom stereocenters. The van der Waals surface area contributed by atoms with Gasteiger partial charge in [0.1, 0.15) is 5.65 Å². The highest BCUT2D eigenvalue weighted by atomic mass is 16.2. The summed E-state index contributed by atoms with van der Waals surface area (Å²) in [5.41, 5.74) is 3.55. The van der Waals surface area contributed by atoms with Gasteiger partial charge in [-0.3, -0.25) is 14.5 Å². The summed E-state index contributed by atoms with van der Waals surface area (Å²) in [5, 5.41) is 0. The van der Waals surface area contributed by atoms with E-state index < -0.39 is 0 Å². The molecule has 0 fully saturated rings. The van der Waals surface area contributed by atoms with Crippen molar-refractivity contribution in [2.45, 2.75) is 13.5 Å². The van der Waals surface area contributed by atoms with Crippen molar-refractivity contribution in [1.29, 1.82) is 0 Å². The molecule has 0 radical (unpaired) electrons. The lowest BCUT2D eigenvalue weighted by Crippen LogP contribution is -2.29. The fraction of sp³-hybridized carbons (Fsp3) is 0.118. The van der Waals surface area contributed by atoms with Crippen LogP contribution in [0.25, 0.3) is 5.65 Å². The van der Waals surface area contributed by atoms with Crippen molar-refractivity contribution in [3.8, 4) is 0 Å². The molecule has 0 N–H and O–H groups in total. The van der Waals surface area contributed by atoms with Gasteiger partial charge in [0, 0.05) is 12.4 Å². The Morgan fingerprint density at radius 3 is 2.41 bits per heavy atom. The molecule has 0 bridgehead atoms. The number of hydrogen-bond donors (Lipinski definition) is 0. The van der Waals surface area contributed by atoms with Crippen LogP contribution >= 0.6 is 0 Å². The predicted molar refractivity (Wildman–Crippen MR) is 80.6 cm³/mol. The number of imide groups is 1. The minimum Gasteiger partial charge on any atom is -0.307 e. The summed E-state index contributed by atoms with van der Waals surface area (Å²) >= 11 is 0. The first-order valence-electron chi connectivity index (χ1n) is 7.03. The largest absolute Gasteiger partial charge is 0.307 e. The zero-order valence-electron chi connectivity index (χ0n) is 12.0. The van der Waals surface area contributed by atoms with Gasteiger partial charge in [-0.05, 0) is 36.8 Å². The Morgan fingerprint density at radius 2 is 1.73 bits per heavy atom. The van der Waals surface area contributed by atoms with Gasteiger partial charge in [-0.2, -0.15) is 0 Å². The first-order chi connectivity index (χ1) is 10.6. The Labute approximate surface area is 126 Å². The van der Waals surface area contributed by atoms with Gasteiger partial charge in [-0.1, -0.05) is 12.1 Å². The third-order valence-electron chi connectivity index (χ3n) is 3.86. The van der Waals surface area contributed by atoms with Gasteiger partial charge in [0.2, 0.25) is 0 Å². The third kappa shape index (κ3) is 1.83. The molecule has 0 aliphatic carbocycles. The first kappa shape index (κ1) is 12.8. The van der Waals surface area contributed by atoms with Crippen LogP contribution in [0.3, 0.4) is 0 Å². The van der Waals surface area contributed by atoms with Gasteiger partial charge < -0.3 is 4.40 Å². The van der Waals surface area contributed by atoms with Crippen LogP contribution in [0.5, 0.6) is 0 Å². The average molecular weight is 291 g/mol. The van der Waals surface area contributed by atoms with E-state index in [9.17, 15) is 9.59 Å². The van der Waals surface area contributed by atoms with Crippen LogP contribution in [0.15, 0.2) is 48.8 Å². The van der Waals surface area contributed by atoms with Crippen molar-refractivity contribution < 1.29 is 9.59 Å². The number of imidazole rings is 1. The molecule has 0 saturated carbocycles. The molecule has 22 heavy (non-hydrogen) atoms. The molecule has 5 heteroatoms. The molecule has 1 aliphatic heterocycles. The molecule has 5 nitrogen and oxygen atoms in total. The number of benzene rings is 1. The van der Waals surface area contributed by atoms with E-state index in [0.29, 0.717) is 16.8 Å². The van der Waals surface area contributed by atoms with Gasteiger partial charge in [0.25, 0.3) is 11.8 Å². The summed E-state index contributed by atoms with van der Waals surface area (Å²) in [5.74, 6) is -0.511. The van der Waals surface area contributed by atoms with Crippen LogP contribution in [-0.4, -0.2) is 26.1 Å². The van der Waals surface area contributed by atoms with Crippen LogP contribution in [0, 0.1) is 6.92 Å². The molecule has 3 heterocycles. The molecule has 0 spiro atoms.